The minimum Gasteiger partial charge on any atom is -0.463 e. The maximum Gasteiger partial charge on any atom is 0.319 e. The van der Waals surface area contributed by atoms with Gasteiger partial charge in [-0.15, -0.1) is 0 Å². The number of aromatic amines is 1. The number of nitriles is 1. The average molecular weight is 476 g/mol. The van der Waals surface area contributed by atoms with E-state index in [1.54, 1.807) is 12.3 Å². The van der Waals surface area contributed by atoms with Gasteiger partial charge in [0.1, 0.15) is 17.8 Å². The Kier molecular flexibility index (Phi) is 5.96. The fourth-order valence-electron chi connectivity index (χ4n) is 4.42. The summed E-state index contributed by atoms with van der Waals surface area (Å²) in [5.74, 6) is 0.929. The third-order valence-electron chi connectivity index (χ3n) is 6.42. The summed E-state index contributed by atoms with van der Waals surface area (Å²) >= 11 is 0. The van der Waals surface area contributed by atoms with Gasteiger partial charge in [0.2, 0.25) is 0 Å². The number of carbonyl (C=O) groups is 1. The van der Waals surface area contributed by atoms with E-state index in [0.717, 1.165) is 43.4 Å². The van der Waals surface area contributed by atoms with Gasteiger partial charge in [0.05, 0.1) is 24.0 Å². The van der Waals surface area contributed by atoms with E-state index < -0.39 is 5.54 Å². The maximum atomic E-state index is 12.9. The van der Waals surface area contributed by atoms with Crippen LogP contribution in [0.5, 0.6) is 6.01 Å². The van der Waals surface area contributed by atoms with Crippen LogP contribution in [0.3, 0.4) is 0 Å². The molecule has 0 radical (unpaired) electrons. The number of ether oxygens (including phenoxy) is 1. The Bertz CT molecular complexity index is 1270. The first kappa shape index (κ1) is 23.0. The smallest absolute Gasteiger partial charge is 0.319 e. The first-order valence-electron chi connectivity index (χ1n) is 11.9. The Morgan fingerprint density at radius 3 is 2.83 bits per heavy atom. The molecule has 3 aromatic heterocycles. The van der Waals surface area contributed by atoms with Crippen molar-refractivity contribution in [2.75, 3.05) is 24.6 Å². The molecule has 0 bridgehead atoms. The van der Waals surface area contributed by atoms with Crippen molar-refractivity contribution in [3.8, 4) is 12.1 Å². The van der Waals surface area contributed by atoms with E-state index in [0.29, 0.717) is 24.0 Å². The molecule has 5 rings (SSSR count). The molecule has 182 valence electrons. The second kappa shape index (κ2) is 9.09. The zero-order valence-electron chi connectivity index (χ0n) is 20.2. The normalized spacial score (nSPS) is 20.5. The average Bonchev–Trinajstić information content (AvgIpc) is 3.48. The van der Waals surface area contributed by atoms with Crippen molar-refractivity contribution in [1.29, 1.82) is 5.26 Å². The second-order valence-corrected chi connectivity index (χ2v) is 10.3. The Labute approximate surface area is 203 Å². The van der Waals surface area contributed by atoms with Gasteiger partial charge in [-0.25, -0.2) is 9.97 Å². The van der Waals surface area contributed by atoms with Crippen LogP contribution < -0.4 is 15.0 Å². The van der Waals surface area contributed by atoms with Crippen LogP contribution in [-0.2, 0) is 0 Å². The van der Waals surface area contributed by atoms with E-state index >= 15 is 0 Å². The highest BCUT2D eigenvalue weighted by Crippen LogP contribution is 2.38. The number of hydrogen-bond acceptors (Lipinski definition) is 9. The van der Waals surface area contributed by atoms with Crippen LogP contribution in [0, 0.1) is 23.2 Å². The van der Waals surface area contributed by atoms with E-state index in [4.69, 9.17) is 10.00 Å². The molecule has 2 fully saturated rings. The van der Waals surface area contributed by atoms with Gasteiger partial charge >= 0.3 is 6.01 Å². The van der Waals surface area contributed by atoms with E-state index in [1.165, 1.54) is 6.33 Å². The van der Waals surface area contributed by atoms with Gasteiger partial charge in [-0.05, 0) is 40.0 Å². The summed E-state index contributed by atoms with van der Waals surface area (Å²) in [7, 11) is 0. The van der Waals surface area contributed by atoms with Gasteiger partial charge in [-0.2, -0.15) is 20.3 Å². The Morgan fingerprint density at radius 1 is 1.31 bits per heavy atom. The minimum atomic E-state index is -0.397. The number of fused-ring (bicyclic) bond motifs is 1. The van der Waals surface area contributed by atoms with Crippen molar-refractivity contribution in [1.82, 2.24) is 35.5 Å². The zero-order valence-corrected chi connectivity index (χ0v) is 20.2. The van der Waals surface area contributed by atoms with E-state index in [-0.39, 0.29) is 29.4 Å². The lowest BCUT2D eigenvalue weighted by Gasteiger charge is -2.32. The molecular formula is C24H29N9O2. The molecule has 1 aliphatic heterocycles. The fraction of sp³-hybridized carbons (Fsp3) is 0.542. The van der Waals surface area contributed by atoms with Gasteiger partial charge in [0.15, 0.2) is 5.65 Å². The van der Waals surface area contributed by atoms with Gasteiger partial charge in [-0.1, -0.05) is 0 Å². The first-order chi connectivity index (χ1) is 16.8. The number of piperidine rings is 1. The lowest BCUT2D eigenvalue weighted by atomic mass is 9.92. The molecule has 11 heteroatoms. The molecule has 1 aliphatic carbocycles. The predicted molar refractivity (Wildman–Crippen MR) is 128 cm³/mol. The van der Waals surface area contributed by atoms with Crippen LogP contribution >= 0.6 is 0 Å². The van der Waals surface area contributed by atoms with Crippen molar-refractivity contribution in [3.63, 3.8) is 0 Å². The van der Waals surface area contributed by atoms with Gasteiger partial charge in [0, 0.05) is 48.4 Å². The highest BCUT2D eigenvalue weighted by atomic mass is 16.5. The molecule has 0 aromatic carbocycles. The van der Waals surface area contributed by atoms with Crippen molar-refractivity contribution >= 4 is 22.8 Å². The topological polar surface area (TPSA) is 146 Å². The standard InChI is InChI=1S/C24H29N9O2/c1-24(2,3)30-22(34)18-9-19(29-23(28-18)35-12-16-8-15(16)10-25)33-6-4-14(5-7-33)20-17-11-26-13-27-21(17)32-31-20/h9,11,13-16H,4-8,12H2,1-3H3,(H,30,34)(H,26,27,31,32)/t15-,16+/m0/s1. The van der Waals surface area contributed by atoms with Crippen LogP contribution in [0.15, 0.2) is 18.6 Å². The van der Waals surface area contributed by atoms with Crippen molar-refractivity contribution in [3.05, 3.63) is 30.0 Å². The van der Waals surface area contributed by atoms with Gasteiger partial charge < -0.3 is 15.0 Å². The summed E-state index contributed by atoms with van der Waals surface area (Å²) in [6.45, 7) is 7.67. The highest BCUT2D eigenvalue weighted by molar-refractivity contribution is 5.93. The third kappa shape index (κ3) is 5.16. The number of H-pyrrole nitrogens is 1. The number of carbonyl (C=O) groups excluding carboxylic acids is 1. The molecule has 35 heavy (non-hydrogen) atoms. The summed E-state index contributed by atoms with van der Waals surface area (Å²) in [4.78, 5) is 32.4. The molecular weight excluding hydrogens is 446 g/mol. The molecule has 4 heterocycles. The van der Waals surface area contributed by atoms with E-state index in [1.807, 2.05) is 20.8 Å². The number of hydrogen-bond donors (Lipinski definition) is 2. The molecule has 2 atom stereocenters. The van der Waals surface area contributed by atoms with E-state index in [2.05, 4.69) is 46.4 Å². The number of anilines is 1. The first-order valence-corrected chi connectivity index (χ1v) is 11.9. The molecule has 2 N–H and O–H groups in total. The van der Waals surface area contributed by atoms with Crippen molar-refractivity contribution < 1.29 is 9.53 Å². The molecule has 1 saturated carbocycles. The lowest BCUT2D eigenvalue weighted by Crippen LogP contribution is -2.41. The van der Waals surface area contributed by atoms with Crippen LogP contribution in [-0.4, -0.2) is 61.3 Å². The molecule has 3 aromatic rings. The van der Waals surface area contributed by atoms with Crippen molar-refractivity contribution in [2.45, 2.75) is 51.5 Å². The van der Waals surface area contributed by atoms with E-state index in [9.17, 15) is 4.79 Å². The van der Waals surface area contributed by atoms with Crippen LogP contribution in [0.25, 0.3) is 11.0 Å². The summed E-state index contributed by atoms with van der Waals surface area (Å²) in [6.07, 6.45) is 5.91. The third-order valence-corrected chi connectivity index (χ3v) is 6.42. The van der Waals surface area contributed by atoms with Crippen LogP contribution in [0.1, 0.15) is 62.1 Å². The largest absolute Gasteiger partial charge is 0.463 e. The molecule has 11 nitrogen and oxygen atoms in total. The maximum absolute atomic E-state index is 12.9. The van der Waals surface area contributed by atoms with Crippen LogP contribution in [0.2, 0.25) is 0 Å². The summed E-state index contributed by atoms with van der Waals surface area (Å²) in [6, 6.07) is 4.16. The van der Waals surface area contributed by atoms with Gasteiger partial charge in [-0.3, -0.25) is 9.89 Å². The number of rotatable bonds is 6. The number of nitrogens with zero attached hydrogens (tertiary/aromatic N) is 7. The predicted octanol–water partition coefficient (Wildman–Crippen LogP) is 2.59. The number of amides is 1. The fourth-order valence-corrected chi connectivity index (χ4v) is 4.42. The summed E-state index contributed by atoms with van der Waals surface area (Å²) < 4.78 is 5.84. The number of nitrogens with one attached hydrogen (secondary N) is 2. The Balaban J connectivity index is 1.33. The van der Waals surface area contributed by atoms with Crippen molar-refractivity contribution in [2.24, 2.45) is 11.8 Å². The number of aromatic nitrogens is 6. The summed E-state index contributed by atoms with van der Waals surface area (Å²) in [5.41, 5.74) is 1.62. The minimum absolute atomic E-state index is 0.0323. The monoisotopic (exact) mass is 475 g/mol. The highest BCUT2D eigenvalue weighted by Gasteiger charge is 2.38. The Morgan fingerprint density at radius 2 is 2.11 bits per heavy atom. The summed E-state index contributed by atoms with van der Waals surface area (Å²) in [5, 5.41) is 20.4. The second-order valence-electron chi connectivity index (χ2n) is 10.3. The lowest BCUT2D eigenvalue weighted by molar-refractivity contribution is 0.0912. The quantitative estimate of drug-likeness (QED) is 0.549. The Hall–Kier alpha value is -3.81. The SMILES string of the molecule is CC(C)(C)NC(=O)c1cc(N2CCC(c3[nH]nc4ncncc34)CC2)nc(OC[C@H]2C[C@H]2C#N)n1. The molecule has 0 unspecified atom stereocenters. The molecule has 1 amide bonds. The molecule has 0 spiro atoms. The zero-order chi connectivity index (χ0) is 24.6. The molecule has 2 aliphatic rings. The van der Waals surface area contributed by atoms with Gasteiger partial charge in [0.25, 0.3) is 5.91 Å². The molecule has 1 saturated heterocycles. The van der Waals surface area contributed by atoms with Crippen LogP contribution in [0.4, 0.5) is 5.82 Å².